The largest absolute Gasteiger partial charge is 0.384 e. The molecule has 0 amide bonds. The van der Waals surface area contributed by atoms with Crippen molar-refractivity contribution in [3.05, 3.63) is 113 Å². The summed E-state index contributed by atoms with van der Waals surface area (Å²) in [5, 5.41) is 21.2. The van der Waals surface area contributed by atoms with Crippen LogP contribution < -0.4 is 5.32 Å². The number of hydrogen-bond donors (Lipinski definition) is 3. The molecule has 2 heterocycles. The summed E-state index contributed by atoms with van der Waals surface area (Å²) < 4.78 is 0. The van der Waals surface area contributed by atoms with E-state index in [9.17, 15) is 9.90 Å². The smallest absolute Gasteiger partial charge is 0.185 e. The van der Waals surface area contributed by atoms with Crippen molar-refractivity contribution in [2.45, 2.75) is 25.5 Å². The molecule has 0 saturated heterocycles. The van der Waals surface area contributed by atoms with Crippen molar-refractivity contribution in [2.24, 2.45) is 4.99 Å². The second-order valence-corrected chi connectivity index (χ2v) is 8.10. The molecule has 1 aliphatic rings. The number of ketones is 1. The first-order valence-electron chi connectivity index (χ1n) is 10.9. The summed E-state index contributed by atoms with van der Waals surface area (Å²) in [6, 6.07) is 23.2. The number of Topliss-reactive ketones (excluding diaryl/α,β-unsaturated/α-hetero) is 1. The molecule has 1 unspecified atom stereocenters. The molecule has 1 aromatic heterocycles. The Balaban J connectivity index is 1.30. The van der Waals surface area contributed by atoms with E-state index in [0.29, 0.717) is 18.7 Å². The lowest BCUT2D eigenvalue weighted by Gasteiger charge is -2.17. The van der Waals surface area contributed by atoms with Crippen LogP contribution in [0.4, 0.5) is 11.4 Å². The molecule has 4 aromatic rings. The van der Waals surface area contributed by atoms with E-state index in [2.05, 4.69) is 26.6 Å². The molecule has 0 spiro atoms. The van der Waals surface area contributed by atoms with Crippen molar-refractivity contribution >= 4 is 23.4 Å². The number of aromatic nitrogens is 2. The zero-order valence-electron chi connectivity index (χ0n) is 18.0. The lowest BCUT2D eigenvalue weighted by atomic mass is 9.99. The Labute approximate surface area is 192 Å². The summed E-state index contributed by atoms with van der Waals surface area (Å²) in [6.07, 6.45) is 3.93. The Morgan fingerprint density at radius 3 is 2.76 bits per heavy atom. The van der Waals surface area contributed by atoms with Crippen LogP contribution in [0.1, 0.15) is 44.4 Å². The summed E-state index contributed by atoms with van der Waals surface area (Å²) in [5.74, 6) is -0.0132. The van der Waals surface area contributed by atoms with Crippen LogP contribution in [0, 0.1) is 0 Å². The molecule has 33 heavy (non-hydrogen) atoms. The van der Waals surface area contributed by atoms with Crippen molar-refractivity contribution < 1.29 is 9.90 Å². The van der Waals surface area contributed by atoms with Crippen LogP contribution >= 0.6 is 0 Å². The molecule has 6 nitrogen and oxygen atoms in total. The maximum Gasteiger partial charge on any atom is 0.185 e. The third-order valence-corrected chi connectivity index (χ3v) is 5.89. The number of aliphatic hydroxyl groups is 1. The lowest BCUT2D eigenvalue weighted by molar-refractivity contribution is 0.0987. The molecule has 0 fully saturated rings. The molecule has 5 rings (SSSR count). The number of benzene rings is 3. The average molecular weight is 437 g/mol. The highest BCUT2D eigenvalue weighted by Crippen LogP contribution is 2.29. The van der Waals surface area contributed by atoms with Gasteiger partial charge in [0.2, 0.25) is 0 Å². The van der Waals surface area contributed by atoms with Gasteiger partial charge in [0.1, 0.15) is 11.8 Å². The second-order valence-electron chi connectivity index (χ2n) is 8.10. The molecule has 1 atom stereocenters. The van der Waals surface area contributed by atoms with Crippen molar-refractivity contribution in [2.75, 3.05) is 5.32 Å². The topological polar surface area (TPSA) is 90.4 Å². The van der Waals surface area contributed by atoms with Crippen LogP contribution in [-0.4, -0.2) is 27.3 Å². The van der Waals surface area contributed by atoms with Crippen LogP contribution in [0.5, 0.6) is 0 Å². The van der Waals surface area contributed by atoms with Gasteiger partial charge in [-0.1, -0.05) is 60.7 Å². The van der Waals surface area contributed by atoms with Gasteiger partial charge in [-0.3, -0.25) is 14.9 Å². The summed E-state index contributed by atoms with van der Waals surface area (Å²) in [4.78, 5) is 17.3. The monoisotopic (exact) mass is 436 g/mol. The van der Waals surface area contributed by atoms with E-state index < -0.39 is 6.10 Å². The minimum Gasteiger partial charge on any atom is -0.384 e. The quantitative estimate of drug-likeness (QED) is 0.347. The van der Waals surface area contributed by atoms with E-state index >= 15 is 0 Å². The van der Waals surface area contributed by atoms with Crippen molar-refractivity contribution in [3.63, 3.8) is 0 Å². The highest BCUT2D eigenvalue weighted by molar-refractivity contribution is 5.97. The molecule has 0 aliphatic carbocycles. The number of rotatable bonds is 8. The van der Waals surface area contributed by atoms with Crippen molar-refractivity contribution in [1.29, 1.82) is 0 Å². The number of anilines is 1. The Kier molecular flexibility index (Phi) is 5.83. The maximum atomic E-state index is 13.0. The van der Waals surface area contributed by atoms with Crippen LogP contribution in [0.3, 0.4) is 0 Å². The third kappa shape index (κ3) is 4.47. The number of aromatic amines is 1. The number of carbonyl (C=O) groups excluding carboxylic acids is 1. The number of para-hydroxylation sites is 1. The molecule has 0 saturated carbocycles. The fraction of sp³-hybridized carbons (Fsp3) is 0.148. The second kappa shape index (κ2) is 9.22. The summed E-state index contributed by atoms with van der Waals surface area (Å²) in [6.45, 7) is 0.411. The zero-order valence-corrected chi connectivity index (χ0v) is 18.0. The molecule has 3 N–H and O–H groups in total. The van der Waals surface area contributed by atoms with Gasteiger partial charge in [0.25, 0.3) is 0 Å². The molecule has 6 heteroatoms. The van der Waals surface area contributed by atoms with Crippen molar-refractivity contribution in [1.82, 2.24) is 10.2 Å². The first-order valence-corrected chi connectivity index (χ1v) is 10.9. The van der Waals surface area contributed by atoms with E-state index in [1.54, 1.807) is 6.20 Å². The van der Waals surface area contributed by atoms with Gasteiger partial charge in [0.15, 0.2) is 5.78 Å². The summed E-state index contributed by atoms with van der Waals surface area (Å²) in [5.41, 5.74) is 6.80. The Morgan fingerprint density at radius 2 is 1.88 bits per heavy atom. The van der Waals surface area contributed by atoms with Gasteiger partial charge in [-0.25, -0.2) is 0 Å². The minimum atomic E-state index is -0.746. The van der Waals surface area contributed by atoms with Gasteiger partial charge in [0.05, 0.1) is 11.9 Å². The average Bonchev–Trinajstić information content (AvgIpc) is 3.52. The molecule has 1 aliphatic heterocycles. The number of H-pyrrole nitrogens is 1. The number of nitrogens with one attached hydrogen (secondary N) is 2. The molecule has 0 radical (unpaired) electrons. The van der Waals surface area contributed by atoms with E-state index in [4.69, 9.17) is 0 Å². The predicted molar refractivity (Wildman–Crippen MR) is 129 cm³/mol. The van der Waals surface area contributed by atoms with Gasteiger partial charge >= 0.3 is 0 Å². The van der Waals surface area contributed by atoms with E-state index in [0.717, 1.165) is 45.6 Å². The van der Waals surface area contributed by atoms with Gasteiger partial charge < -0.3 is 10.4 Å². The van der Waals surface area contributed by atoms with E-state index in [1.165, 1.54) is 0 Å². The minimum absolute atomic E-state index is 0.0132. The molecular formula is C27H24N4O2. The van der Waals surface area contributed by atoms with Crippen LogP contribution in [-0.2, 0) is 19.4 Å². The third-order valence-electron chi connectivity index (χ3n) is 5.89. The van der Waals surface area contributed by atoms with Gasteiger partial charge in [-0.15, -0.1) is 0 Å². The van der Waals surface area contributed by atoms with Gasteiger partial charge in [-0.2, -0.15) is 5.10 Å². The SMILES string of the molecule is O=C(Cc1ccc2c(c1)CC=N2)c1[nH]ncc1CNc1ccccc1C(O)c1ccccc1. The fourth-order valence-electron chi connectivity index (χ4n) is 4.14. The number of aliphatic imine (C=N–C) groups is 1. The fourth-order valence-corrected chi connectivity index (χ4v) is 4.14. The molecule has 3 aromatic carbocycles. The Hall–Kier alpha value is -4.03. The van der Waals surface area contributed by atoms with Gasteiger partial charge in [0, 0.05) is 42.4 Å². The van der Waals surface area contributed by atoms with Crippen LogP contribution in [0.2, 0.25) is 0 Å². The Bertz CT molecular complexity index is 1310. The van der Waals surface area contributed by atoms with E-state index in [1.807, 2.05) is 72.9 Å². The van der Waals surface area contributed by atoms with Crippen LogP contribution in [0.15, 0.2) is 84.0 Å². The number of fused-ring (bicyclic) bond motifs is 1. The molecular weight excluding hydrogens is 412 g/mol. The number of aliphatic hydroxyl groups excluding tert-OH is 1. The van der Waals surface area contributed by atoms with Crippen molar-refractivity contribution in [3.8, 4) is 0 Å². The standard InChI is InChI=1S/C27H24N4O2/c32-25(15-18-10-11-23-20(14-18)12-13-28-23)26-21(17-30-31-26)16-29-24-9-5-4-8-22(24)27(33)19-6-2-1-3-7-19/h1-11,13-14,17,27,29,33H,12,15-16H2,(H,30,31). The first-order chi connectivity index (χ1) is 16.2. The first kappa shape index (κ1) is 20.8. The highest BCUT2D eigenvalue weighted by atomic mass is 16.3. The normalized spacial score (nSPS) is 13.0. The molecule has 164 valence electrons. The number of nitrogens with zero attached hydrogens (tertiary/aromatic N) is 2. The summed E-state index contributed by atoms with van der Waals surface area (Å²) in [7, 11) is 0. The molecule has 0 bridgehead atoms. The number of hydrogen-bond acceptors (Lipinski definition) is 5. The predicted octanol–water partition coefficient (Wildman–Crippen LogP) is 4.79. The highest BCUT2D eigenvalue weighted by Gasteiger charge is 2.18. The zero-order chi connectivity index (χ0) is 22.6. The van der Waals surface area contributed by atoms with E-state index in [-0.39, 0.29) is 5.78 Å². The van der Waals surface area contributed by atoms with Crippen LogP contribution in [0.25, 0.3) is 0 Å². The maximum absolute atomic E-state index is 13.0. The lowest BCUT2D eigenvalue weighted by Crippen LogP contribution is -2.11. The Morgan fingerprint density at radius 1 is 1.06 bits per heavy atom. The van der Waals surface area contributed by atoms with Gasteiger partial charge in [-0.05, 0) is 28.8 Å². The number of carbonyl (C=O) groups is 1. The summed E-state index contributed by atoms with van der Waals surface area (Å²) >= 11 is 0.